The van der Waals surface area contributed by atoms with Crippen LogP contribution in [0.25, 0.3) is 4.96 Å². The van der Waals surface area contributed by atoms with Crippen LogP contribution in [-0.4, -0.2) is 27.6 Å². The van der Waals surface area contributed by atoms with Crippen molar-refractivity contribution < 1.29 is 5.11 Å². The average molecular weight is 253 g/mol. The van der Waals surface area contributed by atoms with Crippen LogP contribution in [-0.2, 0) is 6.54 Å². The molecule has 2 aromatic rings. The van der Waals surface area contributed by atoms with Crippen molar-refractivity contribution in [3.05, 3.63) is 22.5 Å². The van der Waals surface area contributed by atoms with Gasteiger partial charge in [0.05, 0.1) is 11.4 Å². The molecule has 5 heteroatoms. The number of imidazole rings is 1. The first kappa shape index (κ1) is 12.5. The Balaban J connectivity index is 2.12. The van der Waals surface area contributed by atoms with Crippen LogP contribution in [0.2, 0.25) is 0 Å². The Morgan fingerprint density at radius 1 is 1.53 bits per heavy atom. The zero-order chi connectivity index (χ0) is 12.4. The number of thiazole rings is 1. The summed E-state index contributed by atoms with van der Waals surface area (Å²) in [5.74, 6) is 0.294. The minimum absolute atomic E-state index is 0.227. The molecule has 1 unspecified atom stereocenters. The summed E-state index contributed by atoms with van der Waals surface area (Å²) < 4.78 is 2.20. The van der Waals surface area contributed by atoms with Crippen molar-refractivity contribution >= 4 is 16.3 Å². The monoisotopic (exact) mass is 253 g/mol. The molecule has 4 nitrogen and oxygen atoms in total. The van der Waals surface area contributed by atoms with Crippen molar-refractivity contribution in [2.24, 2.45) is 5.92 Å². The number of aryl methyl sites for hydroxylation is 2. The molecule has 0 amide bonds. The smallest absolute Gasteiger partial charge is 0.194 e. The van der Waals surface area contributed by atoms with Crippen LogP contribution in [0.5, 0.6) is 0 Å². The second kappa shape index (κ2) is 5.16. The molecule has 0 fully saturated rings. The predicted molar refractivity (Wildman–Crippen MR) is 70.5 cm³/mol. The third-order valence-corrected chi connectivity index (χ3v) is 3.87. The molecule has 0 bridgehead atoms. The van der Waals surface area contributed by atoms with Gasteiger partial charge in [0, 0.05) is 30.8 Å². The first-order valence-corrected chi connectivity index (χ1v) is 6.75. The number of aromatic nitrogens is 2. The number of rotatable bonds is 5. The Kier molecular flexibility index (Phi) is 3.81. The maximum Gasteiger partial charge on any atom is 0.194 e. The van der Waals surface area contributed by atoms with Gasteiger partial charge < -0.3 is 10.4 Å². The number of nitrogens with one attached hydrogen (secondary N) is 1. The zero-order valence-corrected chi connectivity index (χ0v) is 11.3. The van der Waals surface area contributed by atoms with Crippen LogP contribution in [0, 0.1) is 19.8 Å². The summed E-state index contributed by atoms with van der Waals surface area (Å²) in [5, 5.41) is 14.5. The molecule has 2 rings (SSSR count). The molecule has 0 aliphatic carbocycles. The van der Waals surface area contributed by atoms with E-state index in [9.17, 15) is 0 Å². The lowest BCUT2D eigenvalue weighted by Crippen LogP contribution is -2.23. The predicted octanol–water partition coefficient (Wildman–Crippen LogP) is 1.73. The molecule has 0 radical (unpaired) electrons. The summed E-state index contributed by atoms with van der Waals surface area (Å²) in [5.41, 5.74) is 3.55. The molecule has 0 spiro atoms. The number of aliphatic hydroxyl groups excluding tert-OH is 1. The Hall–Kier alpha value is -0.910. The first-order valence-electron chi connectivity index (χ1n) is 5.87. The first-order chi connectivity index (χ1) is 8.13. The van der Waals surface area contributed by atoms with E-state index in [1.165, 1.54) is 11.4 Å². The van der Waals surface area contributed by atoms with Crippen molar-refractivity contribution in [3.8, 4) is 0 Å². The van der Waals surface area contributed by atoms with Crippen LogP contribution in [0.3, 0.4) is 0 Å². The second-order valence-electron chi connectivity index (χ2n) is 4.56. The van der Waals surface area contributed by atoms with Crippen LogP contribution >= 0.6 is 11.3 Å². The minimum atomic E-state index is 0.227. The van der Waals surface area contributed by atoms with Crippen LogP contribution in [0.15, 0.2) is 5.38 Å². The highest BCUT2D eigenvalue weighted by Gasteiger charge is 2.11. The van der Waals surface area contributed by atoms with E-state index in [2.05, 4.69) is 27.0 Å². The van der Waals surface area contributed by atoms with Gasteiger partial charge in [-0.15, -0.1) is 11.3 Å². The lowest BCUT2D eigenvalue weighted by molar-refractivity contribution is 0.233. The van der Waals surface area contributed by atoms with Gasteiger partial charge in [0.1, 0.15) is 0 Å². The maximum absolute atomic E-state index is 8.97. The molecular weight excluding hydrogens is 234 g/mol. The Bertz CT molecular complexity index is 503. The number of fused-ring (bicyclic) bond motifs is 1. The lowest BCUT2D eigenvalue weighted by Gasteiger charge is -2.09. The third kappa shape index (κ3) is 2.51. The minimum Gasteiger partial charge on any atom is -0.396 e. The summed E-state index contributed by atoms with van der Waals surface area (Å²) in [6.07, 6.45) is 0. The van der Waals surface area contributed by atoms with Crippen molar-refractivity contribution in [3.63, 3.8) is 0 Å². The number of nitrogens with zero attached hydrogens (tertiary/aromatic N) is 2. The van der Waals surface area contributed by atoms with E-state index in [4.69, 9.17) is 5.11 Å². The highest BCUT2D eigenvalue weighted by atomic mass is 32.1. The highest BCUT2D eigenvalue weighted by Crippen LogP contribution is 2.20. The van der Waals surface area contributed by atoms with E-state index in [1.807, 2.05) is 13.8 Å². The molecule has 1 atom stereocenters. The standard InChI is InChI=1S/C12H19N3OS/c1-8(6-16)4-13-5-11-10(3)14-12-15(11)9(2)7-17-12/h7-8,13,16H,4-6H2,1-3H3. The molecule has 0 saturated carbocycles. The molecule has 0 aliphatic rings. The average Bonchev–Trinajstić information content (AvgIpc) is 2.80. The fourth-order valence-electron chi connectivity index (χ4n) is 1.88. The summed E-state index contributed by atoms with van der Waals surface area (Å²) in [6, 6.07) is 0. The third-order valence-electron chi connectivity index (χ3n) is 2.93. The van der Waals surface area contributed by atoms with Gasteiger partial charge in [-0.25, -0.2) is 4.98 Å². The zero-order valence-electron chi connectivity index (χ0n) is 10.5. The van der Waals surface area contributed by atoms with Gasteiger partial charge in [-0.2, -0.15) is 0 Å². The lowest BCUT2D eigenvalue weighted by atomic mass is 10.2. The van der Waals surface area contributed by atoms with Crippen molar-refractivity contribution in [2.75, 3.05) is 13.2 Å². The fraction of sp³-hybridized carbons (Fsp3) is 0.583. The molecule has 94 valence electrons. The molecule has 0 saturated heterocycles. The summed E-state index contributed by atoms with van der Waals surface area (Å²) in [4.78, 5) is 5.61. The number of hydrogen-bond acceptors (Lipinski definition) is 4. The maximum atomic E-state index is 8.97. The van der Waals surface area contributed by atoms with Gasteiger partial charge in [0.15, 0.2) is 4.96 Å². The van der Waals surface area contributed by atoms with E-state index < -0.39 is 0 Å². The van der Waals surface area contributed by atoms with E-state index in [0.29, 0.717) is 5.92 Å². The fourth-order valence-corrected chi connectivity index (χ4v) is 2.81. The molecule has 17 heavy (non-hydrogen) atoms. The van der Waals surface area contributed by atoms with Crippen molar-refractivity contribution in [1.29, 1.82) is 0 Å². The topological polar surface area (TPSA) is 49.6 Å². The van der Waals surface area contributed by atoms with Crippen LogP contribution in [0.4, 0.5) is 0 Å². The van der Waals surface area contributed by atoms with Gasteiger partial charge in [-0.1, -0.05) is 6.92 Å². The molecule has 2 heterocycles. The van der Waals surface area contributed by atoms with Gasteiger partial charge in [0.2, 0.25) is 0 Å². The summed E-state index contributed by atoms with van der Waals surface area (Å²) in [6.45, 7) is 8.03. The largest absolute Gasteiger partial charge is 0.396 e. The van der Waals surface area contributed by atoms with E-state index in [-0.39, 0.29) is 6.61 Å². The Morgan fingerprint density at radius 2 is 2.29 bits per heavy atom. The molecule has 0 aliphatic heterocycles. The Labute approximate surface area is 105 Å². The molecule has 0 aromatic carbocycles. The summed E-state index contributed by atoms with van der Waals surface area (Å²) >= 11 is 1.68. The number of hydrogen-bond donors (Lipinski definition) is 2. The van der Waals surface area contributed by atoms with Gasteiger partial charge in [-0.05, 0) is 19.8 Å². The van der Waals surface area contributed by atoms with Crippen LogP contribution < -0.4 is 5.32 Å². The van der Waals surface area contributed by atoms with E-state index in [1.54, 1.807) is 11.3 Å². The normalized spacial score (nSPS) is 13.4. The second-order valence-corrected chi connectivity index (χ2v) is 5.39. The molecular formula is C12H19N3OS. The Morgan fingerprint density at radius 3 is 3.00 bits per heavy atom. The highest BCUT2D eigenvalue weighted by molar-refractivity contribution is 7.15. The van der Waals surface area contributed by atoms with E-state index in [0.717, 1.165) is 23.7 Å². The quantitative estimate of drug-likeness (QED) is 0.853. The van der Waals surface area contributed by atoms with Gasteiger partial charge in [0.25, 0.3) is 0 Å². The van der Waals surface area contributed by atoms with Crippen molar-refractivity contribution in [2.45, 2.75) is 27.3 Å². The van der Waals surface area contributed by atoms with Crippen molar-refractivity contribution in [1.82, 2.24) is 14.7 Å². The van der Waals surface area contributed by atoms with Gasteiger partial charge >= 0.3 is 0 Å². The van der Waals surface area contributed by atoms with Gasteiger partial charge in [-0.3, -0.25) is 4.40 Å². The molecule has 2 aromatic heterocycles. The number of aliphatic hydroxyl groups is 1. The van der Waals surface area contributed by atoms with Crippen LogP contribution in [0.1, 0.15) is 24.0 Å². The summed E-state index contributed by atoms with van der Waals surface area (Å²) in [7, 11) is 0. The van der Waals surface area contributed by atoms with E-state index >= 15 is 0 Å². The molecule has 2 N–H and O–H groups in total. The SMILES string of the molecule is Cc1nc2scc(C)n2c1CNCC(C)CO.